The SMILES string of the molecule is [Mg+2].[Mg+2].[Mg+2].[O-]P([O-])([O-])=S.[O-]P([O-])([O-])=S. The van der Waals surface area contributed by atoms with Gasteiger partial charge in [-0.05, 0) is 0 Å². The second-order valence-electron chi connectivity index (χ2n) is 0.894. The summed E-state index contributed by atoms with van der Waals surface area (Å²) < 4.78 is 0. The van der Waals surface area contributed by atoms with Crippen molar-refractivity contribution >= 4 is 106 Å². The normalized spacial score (nSPS) is 9.08. The van der Waals surface area contributed by atoms with Gasteiger partial charge in [0.2, 0.25) is 0 Å². The molecule has 0 rings (SSSR count). The van der Waals surface area contributed by atoms with Gasteiger partial charge in [0.05, 0.1) is 0 Å². The minimum atomic E-state index is -4.56. The van der Waals surface area contributed by atoms with Gasteiger partial charge >= 0.3 is 69.2 Å². The maximum absolute atomic E-state index is 8.92. The Labute approximate surface area is 134 Å². The molecule has 0 aliphatic rings. The minimum absolute atomic E-state index is 0. The zero-order valence-corrected chi connectivity index (χ0v) is 13.9. The molecule has 0 aromatic carbocycles. The van der Waals surface area contributed by atoms with Gasteiger partial charge < -0.3 is 42.8 Å². The summed E-state index contributed by atoms with van der Waals surface area (Å²) in [7, 11) is 0. The predicted octanol–water partition coefficient (Wildman–Crippen LogP) is -6.56. The van der Waals surface area contributed by atoms with Crippen molar-refractivity contribution in [1.82, 2.24) is 0 Å². The monoisotopic (exact) mass is 294 g/mol. The Hall–Kier alpha value is 3.36. The average molecular weight is 295 g/mol. The van der Waals surface area contributed by atoms with Crippen molar-refractivity contribution in [1.29, 1.82) is 0 Å². The van der Waals surface area contributed by atoms with E-state index in [2.05, 4.69) is 23.6 Å². The fourth-order valence-electron chi connectivity index (χ4n) is 0. The summed E-state index contributed by atoms with van der Waals surface area (Å²) in [6, 6.07) is 0. The van der Waals surface area contributed by atoms with Crippen LogP contribution in [-0.4, -0.2) is 69.2 Å². The molecule has 0 aliphatic heterocycles. The summed E-state index contributed by atoms with van der Waals surface area (Å²) in [5.41, 5.74) is 0. The topological polar surface area (TPSA) is 138 Å². The maximum Gasteiger partial charge on any atom is 2.00 e. The van der Waals surface area contributed by atoms with Crippen molar-refractivity contribution in [2.75, 3.05) is 0 Å². The molecule has 0 aliphatic carbocycles. The van der Waals surface area contributed by atoms with Crippen molar-refractivity contribution in [3.63, 3.8) is 0 Å². The molecule has 64 valence electrons. The third-order valence-corrected chi connectivity index (χ3v) is 0. The van der Waals surface area contributed by atoms with Crippen LogP contribution >= 0.6 is 13.4 Å². The molecule has 13 heavy (non-hydrogen) atoms. The van der Waals surface area contributed by atoms with E-state index in [-0.39, 0.29) is 69.2 Å². The Kier molecular flexibility index (Phi) is 30.9. The molecule has 0 amide bonds. The largest absolute Gasteiger partial charge is 2.00 e. The van der Waals surface area contributed by atoms with E-state index in [0.29, 0.717) is 0 Å². The Morgan fingerprint density at radius 3 is 0.538 bits per heavy atom. The minimum Gasteiger partial charge on any atom is -0.844 e. The van der Waals surface area contributed by atoms with Crippen LogP contribution in [0.5, 0.6) is 0 Å². The first-order valence-corrected chi connectivity index (χ1v) is 6.57. The molecule has 0 N–H and O–H groups in total. The molecule has 0 radical (unpaired) electrons. The summed E-state index contributed by atoms with van der Waals surface area (Å²) in [6.07, 6.45) is 0. The molecule has 0 aromatic rings. The summed E-state index contributed by atoms with van der Waals surface area (Å²) in [6.45, 7) is -9.11. The molecule has 0 saturated heterocycles. The molecule has 13 heteroatoms. The van der Waals surface area contributed by atoms with Gasteiger partial charge in [0.25, 0.3) is 0 Å². The van der Waals surface area contributed by atoms with Crippen LogP contribution in [0.25, 0.3) is 0 Å². The van der Waals surface area contributed by atoms with E-state index in [1.807, 2.05) is 0 Å². The molecule has 0 saturated carbocycles. The molecule has 6 nitrogen and oxygen atoms in total. The first-order chi connectivity index (χ1) is 4.00. The van der Waals surface area contributed by atoms with E-state index in [1.165, 1.54) is 0 Å². The van der Waals surface area contributed by atoms with Crippen LogP contribution in [0.1, 0.15) is 0 Å². The van der Waals surface area contributed by atoms with Crippen molar-refractivity contribution in [2.24, 2.45) is 0 Å². The van der Waals surface area contributed by atoms with Crippen LogP contribution < -0.4 is 29.4 Å². The average Bonchev–Trinajstić information content (AvgIpc) is 1.12. The van der Waals surface area contributed by atoms with E-state index >= 15 is 0 Å². The van der Waals surface area contributed by atoms with Crippen LogP contribution in [0, 0.1) is 0 Å². The second-order valence-corrected chi connectivity index (χ2v) is 5.37. The van der Waals surface area contributed by atoms with Crippen molar-refractivity contribution in [2.45, 2.75) is 0 Å². The van der Waals surface area contributed by atoms with E-state index in [0.717, 1.165) is 0 Å². The van der Waals surface area contributed by atoms with Crippen LogP contribution in [0.3, 0.4) is 0 Å². The quantitative estimate of drug-likeness (QED) is 0.317. The van der Waals surface area contributed by atoms with Crippen LogP contribution in [0.2, 0.25) is 0 Å². The van der Waals surface area contributed by atoms with Crippen molar-refractivity contribution in [3.05, 3.63) is 0 Å². The molecule has 0 unspecified atom stereocenters. The number of hydrogen-bond acceptors (Lipinski definition) is 8. The van der Waals surface area contributed by atoms with E-state index < -0.39 is 13.4 Å². The molecule has 0 atom stereocenters. The van der Waals surface area contributed by atoms with Crippen molar-refractivity contribution in [3.8, 4) is 0 Å². The molecule has 0 bridgehead atoms. The first kappa shape index (κ1) is 29.9. The van der Waals surface area contributed by atoms with Crippen molar-refractivity contribution < 1.29 is 29.4 Å². The fourth-order valence-corrected chi connectivity index (χ4v) is 0. The molecule has 0 heterocycles. The molecule has 0 aromatic heterocycles. The Bertz CT molecular complexity index is 136. The van der Waals surface area contributed by atoms with Crippen LogP contribution in [-0.2, 0) is 23.6 Å². The molecule has 0 fully saturated rings. The summed E-state index contributed by atoms with van der Waals surface area (Å²) in [4.78, 5) is 53.5. The zero-order chi connectivity index (χ0) is 9.00. The van der Waals surface area contributed by atoms with Gasteiger partial charge in [-0.25, -0.2) is 0 Å². The maximum atomic E-state index is 8.92. The molecule has 0 spiro atoms. The van der Waals surface area contributed by atoms with Crippen LogP contribution in [0.4, 0.5) is 0 Å². The first-order valence-electron chi connectivity index (χ1n) is 1.46. The van der Waals surface area contributed by atoms with Gasteiger partial charge in [-0.2, -0.15) is 23.6 Å². The zero-order valence-electron chi connectivity index (χ0n) is 6.28. The Morgan fingerprint density at radius 2 is 0.538 bits per heavy atom. The van der Waals surface area contributed by atoms with Gasteiger partial charge in [-0.3, -0.25) is 0 Å². The number of hydrogen-bond donors (Lipinski definition) is 0. The van der Waals surface area contributed by atoms with Gasteiger partial charge in [-0.15, -0.1) is 0 Å². The Balaban J connectivity index is -0.0000000267. The van der Waals surface area contributed by atoms with Gasteiger partial charge in [-0.1, -0.05) is 0 Å². The van der Waals surface area contributed by atoms with Crippen LogP contribution in [0.15, 0.2) is 0 Å². The van der Waals surface area contributed by atoms with E-state index in [9.17, 15) is 0 Å². The smallest absolute Gasteiger partial charge is 0.844 e. The summed E-state index contributed by atoms with van der Waals surface area (Å²) in [5, 5.41) is 0. The predicted molar refractivity (Wildman–Crippen MR) is 45.8 cm³/mol. The number of rotatable bonds is 0. The van der Waals surface area contributed by atoms with Gasteiger partial charge in [0.1, 0.15) is 0 Å². The molecular weight excluding hydrogens is 295 g/mol. The Morgan fingerprint density at radius 1 is 0.538 bits per heavy atom. The third kappa shape index (κ3) is 243. The van der Waals surface area contributed by atoms with E-state index in [4.69, 9.17) is 29.4 Å². The molecular formula is Mg3O6P2S2. The standard InChI is InChI=1S/3Mg.2H3O3PS/c;;;2*1-4(2,3)5/h;;;2*(H3,1,2,3,5)/q3*+2;;/p-6. The van der Waals surface area contributed by atoms with E-state index in [1.54, 1.807) is 0 Å². The summed E-state index contributed by atoms with van der Waals surface area (Å²) >= 11 is 6.54. The summed E-state index contributed by atoms with van der Waals surface area (Å²) in [5.74, 6) is 0. The third-order valence-electron chi connectivity index (χ3n) is 0. The fraction of sp³-hybridized carbons (Fsp3) is 0. The van der Waals surface area contributed by atoms with Gasteiger partial charge in [0, 0.05) is 0 Å². The second kappa shape index (κ2) is 13.4. The van der Waals surface area contributed by atoms with Gasteiger partial charge in [0.15, 0.2) is 0 Å².